The molecule has 3 heteroatoms. The zero-order valence-electron chi connectivity index (χ0n) is 13.7. The zero-order valence-corrected chi connectivity index (χ0v) is 13.7. The molecule has 0 radical (unpaired) electrons. The van der Waals surface area contributed by atoms with Crippen molar-refractivity contribution in [1.82, 2.24) is 10.2 Å². The summed E-state index contributed by atoms with van der Waals surface area (Å²) in [5.41, 5.74) is 2.69. The average Bonchev–Trinajstić information content (AvgIpc) is 2.48. The van der Waals surface area contributed by atoms with Gasteiger partial charge >= 0.3 is 0 Å². The summed E-state index contributed by atoms with van der Waals surface area (Å²) in [5.74, 6) is 0.399. The van der Waals surface area contributed by atoms with Gasteiger partial charge in [-0.15, -0.1) is 0 Å². The van der Waals surface area contributed by atoms with Gasteiger partial charge in [0.05, 0.1) is 6.10 Å². The van der Waals surface area contributed by atoms with E-state index in [0.29, 0.717) is 12.0 Å². The summed E-state index contributed by atoms with van der Waals surface area (Å²) >= 11 is 0. The Morgan fingerprint density at radius 3 is 2.67 bits per heavy atom. The molecule has 1 fully saturated rings. The van der Waals surface area contributed by atoms with Crippen molar-refractivity contribution in [3.8, 4) is 0 Å². The number of nitrogens with zero attached hydrogens (tertiary/aromatic N) is 1. The smallest absolute Gasteiger partial charge is 0.0590 e. The van der Waals surface area contributed by atoms with Gasteiger partial charge in [0.25, 0.3) is 0 Å². The normalized spacial score (nSPS) is 25.0. The number of nitrogens with one attached hydrogen (secondary N) is 1. The highest BCUT2D eigenvalue weighted by Gasteiger charge is 2.24. The van der Waals surface area contributed by atoms with Crippen molar-refractivity contribution in [2.24, 2.45) is 5.92 Å². The van der Waals surface area contributed by atoms with Crippen LogP contribution in [0, 0.1) is 12.8 Å². The lowest BCUT2D eigenvalue weighted by molar-refractivity contribution is 0.0337. The predicted octanol–water partition coefficient (Wildman–Crippen LogP) is 2.74. The number of hydrogen-bond donors (Lipinski definition) is 2. The Morgan fingerprint density at radius 1 is 1.33 bits per heavy atom. The van der Waals surface area contributed by atoms with E-state index in [1.54, 1.807) is 0 Å². The maximum Gasteiger partial charge on any atom is 0.0590 e. The first-order valence-corrected chi connectivity index (χ1v) is 8.30. The molecule has 1 aliphatic heterocycles. The molecule has 1 heterocycles. The van der Waals surface area contributed by atoms with E-state index >= 15 is 0 Å². The predicted molar refractivity (Wildman–Crippen MR) is 88.4 cm³/mol. The second kappa shape index (κ2) is 7.92. The highest BCUT2D eigenvalue weighted by atomic mass is 16.3. The number of aliphatic hydroxyl groups excluding tert-OH is 1. The summed E-state index contributed by atoms with van der Waals surface area (Å²) in [6.07, 6.45) is 1.93. The highest BCUT2D eigenvalue weighted by Crippen LogP contribution is 2.21. The number of hydrogen-bond acceptors (Lipinski definition) is 3. The van der Waals surface area contributed by atoms with E-state index in [4.69, 9.17) is 0 Å². The molecule has 0 aliphatic carbocycles. The lowest BCUT2D eigenvalue weighted by atomic mass is 9.96. The second-order valence-electron chi connectivity index (χ2n) is 6.44. The molecule has 3 unspecified atom stereocenters. The van der Waals surface area contributed by atoms with E-state index in [2.05, 4.69) is 55.3 Å². The van der Waals surface area contributed by atoms with Crippen LogP contribution in [0.15, 0.2) is 24.3 Å². The molecular formula is C18H30N2O. The summed E-state index contributed by atoms with van der Waals surface area (Å²) in [4.78, 5) is 2.50. The summed E-state index contributed by atoms with van der Waals surface area (Å²) in [7, 11) is 0. The Bertz CT molecular complexity index is 418. The fourth-order valence-corrected chi connectivity index (χ4v) is 3.17. The minimum Gasteiger partial charge on any atom is -0.393 e. The largest absolute Gasteiger partial charge is 0.393 e. The fraction of sp³-hybridized carbons (Fsp3) is 0.667. The van der Waals surface area contributed by atoms with Gasteiger partial charge in [-0.25, -0.2) is 0 Å². The molecule has 1 saturated heterocycles. The van der Waals surface area contributed by atoms with Gasteiger partial charge in [-0.2, -0.15) is 0 Å². The third-order valence-electron chi connectivity index (χ3n) is 4.61. The van der Waals surface area contributed by atoms with Gasteiger partial charge in [0.15, 0.2) is 0 Å². The molecule has 118 valence electrons. The summed E-state index contributed by atoms with van der Waals surface area (Å²) < 4.78 is 0. The Morgan fingerprint density at radius 2 is 2.05 bits per heavy atom. The minimum absolute atomic E-state index is 0.108. The van der Waals surface area contributed by atoms with Gasteiger partial charge in [-0.05, 0) is 44.3 Å². The van der Waals surface area contributed by atoms with Crippen molar-refractivity contribution in [3.63, 3.8) is 0 Å². The molecule has 2 rings (SSSR count). The maximum absolute atomic E-state index is 9.82. The quantitative estimate of drug-likeness (QED) is 0.845. The van der Waals surface area contributed by atoms with Crippen LogP contribution in [-0.2, 0) is 0 Å². The fourth-order valence-electron chi connectivity index (χ4n) is 3.17. The number of benzene rings is 1. The van der Waals surface area contributed by atoms with E-state index in [9.17, 15) is 5.11 Å². The van der Waals surface area contributed by atoms with Crippen LogP contribution in [0.5, 0.6) is 0 Å². The van der Waals surface area contributed by atoms with E-state index in [1.807, 2.05) is 0 Å². The Kier molecular flexibility index (Phi) is 6.22. The van der Waals surface area contributed by atoms with Gasteiger partial charge in [0.2, 0.25) is 0 Å². The van der Waals surface area contributed by atoms with Crippen LogP contribution in [-0.4, -0.2) is 42.3 Å². The van der Waals surface area contributed by atoms with Gasteiger partial charge < -0.3 is 15.3 Å². The van der Waals surface area contributed by atoms with Gasteiger partial charge in [0.1, 0.15) is 0 Å². The number of rotatable bonds is 6. The van der Waals surface area contributed by atoms with Crippen LogP contribution in [0.25, 0.3) is 0 Å². The van der Waals surface area contributed by atoms with Crippen molar-refractivity contribution >= 4 is 0 Å². The molecule has 0 amide bonds. The van der Waals surface area contributed by atoms with Crippen LogP contribution in [0.2, 0.25) is 0 Å². The van der Waals surface area contributed by atoms with Gasteiger partial charge in [-0.1, -0.05) is 43.7 Å². The van der Waals surface area contributed by atoms with E-state index in [0.717, 1.165) is 39.0 Å². The molecule has 2 N–H and O–H groups in total. The first-order chi connectivity index (χ1) is 10.1. The molecule has 1 aliphatic rings. The Hall–Kier alpha value is -0.900. The van der Waals surface area contributed by atoms with Gasteiger partial charge in [0, 0.05) is 19.1 Å². The molecule has 1 aromatic rings. The maximum atomic E-state index is 9.82. The van der Waals surface area contributed by atoms with E-state index in [1.165, 1.54) is 11.1 Å². The molecule has 3 atom stereocenters. The lowest BCUT2D eigenvalue weighted by Crippen LogP contribution is -2.43. The first kappa shape index (κ1) is 16.5. The number of aryl methyl sites for hydroxylation is 1. The molecule has 3 nitrogen and oxygen atoms in total. The molecule has 21 heavy (non-hydrogen) atoms. The SMILES string of the molecule is CCNC(CCN1CCC(O)C(C)C1)c1ccc(C)cc1. The Labute approximate surface area is 129 Å². The van der Waals surface area contributed by atoms with Crippen molar-refractivity contribution in [1.29, 1.82) is 0 Å². The number of piperidine rings is 1. The van der Waals surface area contributed by atoms with Crippen LogP contribution in [0.4, 0.5) is 0 Å². The van der Waals surface area contributed by atoms with Crippen LogP contribution >= 0.6 is 0 Å². The van der Waals surface area contributed by atoms with Crippen molar-refractivity contribution in [3.05, 3.63) is 35.4 Å². The van der Waals surface area contributed by atoms with E-state index in [-0.39, 0.29) is 6.10 Å². The standard InChI is InChI=1S/C18H30N2O/c1-4-19-17(16-7-5-14(2)6-8-16)9-11-20-12-10-18(21)15(3)13-20/h5-8,15,17-19,21H,4,9-13H2,1-3H3. The number of aliphatic hydroxyl groups is 1. The average molecular weight is 290 g/mol. The molecule has 0 bridgehead atoms. The monoisotopic (exact) mass is 290 g/mol. The molecule has 0 saturated carbocycles. The first-order valence-electron chi connectivity index (χ1n) is 8.30. The van der Waals surface area contributed by atoms with Crippen LogP contribution < -0.4 is 5.32 Å². The minimum atomic E-state index is -0.108. The second-order valence-corrected chi connectivity index (χ2v) is 6.44. The highest BCUT2D eigenvalue weighted by molar-refractivity contribution is 5.24. The van der Waals surface area contributed by atoms with Gasteiger partial charge in [-0.3, -0.25) is 0 Å². The molecular weight excluding hydrogens is 260 g/mol. The molecule has 1 aromatic carbocycles. The summed E-state index contributed by atoms with van der Waals surface area (Å²) in [6, 6.07) is 9.30. The number of likely N-dealkylation sites (tertiary alicyclic amines) is 1. The van der Waals surface area contributed by atoms with E-state index < -0.39 is 0 Å². The zero-order chi connectivity index (χ0) is 15.2. The van der Waals surface area contributed by atoms with Crippen molar-refractivity contribution in [2.75, 3.05) is 26.2 Å². The van der Waals surface area contributed by atoms with Crippen molar-refractivity contribution in [2.45, 2.75) is 45.8 Å². The third kappa shape index (κ3) is 4.80. The summed E-state index contributed by atoms with van der Waals surface area (Å²) in [6.45, 7) is 10.6. The Balaban J connectivity index is 1.89. The summed E-state index contributed by atoms with van der Waals surface area (Å²) in [5, 5.41) is 13.4. The molecule has 0 aromatic heterocycles. The molecule has 0 spiro atoms. The van der Waals surface area contributed by atoms with Crippen LogP contribution in [0.1, 0.15) is 43.9 Å². The van der Waals surface area contributed by atoms with Crippen molar-refractivity contribution < 1.29 is 5.11 Å². The van der Waals surface area contributed by atoms with Crippen LogP contribution in [0.3, 0.4) is 0 Å². The third-order valence-corrected chi connectivity index (χ3v) is 4.61. The topological polar surface area (TPSA) is 35.5 Å². The lowest BCUT2D eigenvalue weighted by Gasteiger charge is -2.35.